The second-order valence-electron chi connectivity index (χ2n) is 26.8. The van der Waals surface area contributed by atoms with Crippen molar-refractivity contribution >= 4 is 267 Å². The van der Waals surface area contributed by atoms with E-state index in [1.807, 2.05) is 155 Å². The number of ketones is 10. The number of nitrogens with zero attached hydrogens (tertiary/aromatic N) is 1. The number of hydrogen-bond acceptors (Lipinski definition) is 24. The summed E-state index contributed by atoms with van der Waals surface area (Å²) in [5, 5.41) is 12.3. The average Bonchev–Trinajstić information content (AvgIpc) is 1.62. The quantitative estimate of drug-likeness (QED) is 0.129. The van der Waals surface area contributed by atoms with Crippen molar-refractivity contribution in [2.75, 3.05) is 78.4 Å². The number of thioether (sulfide) groups is 11. The second-order valence-corrected chi connectivity index (χ2v) is 41.9. The van der Waals surface area contributed by atoms with Crippen molar-refractivity contribution in [3.8, 4) is 11.5 Å². The summed E-state index contributed by atoms with van der Waals surface area (Å²) in [7, 11) is 5.63. The smallest absolute Gasteiger partial charge is 0.416 e. The van der Waals surface area contributed by atoms with Gasteiger partial charge >= 0.3 is 6.18 Å². The summed E-state index contributed by atoms with van der Waals surface area (Å²) in [5.74, 6) is 6.53. The monoisotopic (exact) mass is 2130 g/mol. The number of phenols is 1. The van der Waals surface area contributed by atoms with Crippen LogP contribution in [-0.2, 0) is 6.18 Å². The van der Waals surface area contributed by atoms with Crippen LogP contribution >= 0.6 is 203 Å². The van der Waals surface area contributed by atoms with Crippen LogP contribution in [0.3, 0.4) is 0 Å². The second kappa shape index (κ2) is 45.5. The van der Waals surface area contributed by atoms with E-state index in [9.17, 15) is 66.2 Å². The minimum absolute atomic E-state index is 0. The van der Waals surface area contributed by atoms with Gasteiger partial charge in [-0.25, -0.2) is 0 Å². The zero-order valence-corrected chi connectivity index (χ0v) is 83.4. The van der Waals surface area contributed by atoms with E-state index < -0.39 is 11.7 Å². The van der Waals surface area contributed by atoms with Crippen molar-refractivity contribution in [2.24, 2.45) is 0 Å². The number of Topliss-reactive ketones (excluding diaryl/α,β-unsaturated/α-hetero) is 10. The maximum atomic E-state index is 12.3. The first-order valence-electron chi connectivity index (χ1n) is 36.1. The molecule has 0 amide bonds. The molecule has 1 radical (unpaired) electrons. The van der Waals surface area contributed by atoms with Crippen LogP contribution in [0.15, 0.2) is 224 Å². The molecule has 0 saturated heterocycles. The summed E-state index contributed by atoms with van der Waals surface area (Å²) in [5.41, 5.74) is 9.70. The average molecular weight is 2140 g/mol. The number of anilines is 1. The fraction of sp³-hybridized carbons (Fsp3) is 0.205. The molecule has 10 aliphatic heterocycles. The number of fused-ring (bicyclic) bond motifs is 10. The Hall–Kier alpha value is -4.77. The molecule has 629 valence electrons. The number of hydrogen-bond donors (Lipinski definition) is 1. The van der Waals surface area contributed by atoms with E-state index in [0.29, 0.717) is 86.3 Å². The van der Waals surface area contributed by atoms with E-state index in [4.69, 9.17) is 62.7 Å². The Morgan fingerprint density at radius 1 is 0.434 bits per heavy atom. The van der Waals surface area contributed by atoms with Crippen molar-refractivity contribution in [1.29, 1.82) is 0 Å². The minimum Gasteiger partial charge on any atom is -0.507 e. The van der Waals surface area contributed by atoms with Gasteiger partial charge in [0.25, 0.3) is 0 Å². The van der Waals surface area contributed by atoms with Crippen molar-refractivity contribution in [3.05, 3.63) is 267 Å². The molecule has 2 atom stereocenters. The zero-order valence-electron chi connectivity index (χ0n) is 65.3. The molecule has 10 aliphatic rings. The fourth-order valence-electron chi connectivity index (χ4n) is 12.2. The van der Waals surface area contributed by atoms with Crippen LogP contribution in [0.5, 0.6) is 11.5 Å². The van der Waals surface area contributed by atoms with Crippen molar-refractivity contribution in [1.82, 2.24) is 0 Å². The van der Waals surface area contributed by atoms with Gasteiger partial charge in [0.15, 0.2) is 57.8 Å². The summed E-state index contributed by atoms with van der Waals surface area (Å²) in [6, 6.07) is 50.3. The first kappa shape index (κ1) is 99.4. The summed E-state index contributed by atoms with van der Waals surface area (Å²) in [6.07, 6.45) is -2.33. The molecule has 20 rings (SSSR count). The largest absolute Gasteiger partial charge is 0.507 e. The van der Waals surface area contributed by atoms with Crippen LogP contribution in [0.4, 0.5) is 18.9 Å². The fourth-order valence-corrected chi connectivity index (χ4v) is 24.6. The maximum Gasteiger partial charge on any atom is 0.416 e. The Balaban J connectivity index is 0.000000142. The molecule has 0 fully saturated rings. The molecule has 10 heterocycles. The molecule has 122 heavy (non-hydrogen) atoms. The van der Waals surface area contributed by atoms with Crippen LogP contribution in [0, 0.1) is 55.1 Å². The molecule has 0 saturated carbocycles. The van der Waals surface area contributed by atoms with Gasteiger partial charge in [-0.3, -0.25) is 47.9 Å². The van der Waals surface area contributed by atoms with Crippen LogP contribution in [0.25, 0.3) is 0 Å². The molecule has 13 nitrogen and oxygen atoms in total. The number of carbonyl (C=O) groups is 10. The summed E-state index contributed by atoms with van der Waals surface area (Å²) in [4.78, 5) is 126. The zero-order chi connectivity index (χ0) is 87.4. The Morgan fingerprint density at radius 3 is 1.46 bits per heavy atom. The van der Waals surface area contributed by atoms with E-state index in [1.54, 1.807) is 125 Å². The van der Waals surface area contributed by atoms with Gasteiger partial charge in [-0.1, -0.05) is 104 Å². The van der Waals surface area contributed by atoms with E-state index in [0.717, 1.165) is 113 Å². The van der Waals surface area contributed by atoms with Crippen LogP contribution in [0.1, 0.15) is 127 Å². The van der Waals surface area contributed by atoms with Gasteiger partial charge in [-0.2, -0.15) is 13.2 Å². The number of methoxy groups -OCH3 is 1. The number of carbonyl (C=O) groups excluding carboxylic acids is 10. The van der Waals surface area contributed by atoms with Gasteiger partial charge in [0.2, 0.25) is 0 Å². The van der Waals surface area contributed by atoms with E-state index in [-0.39, 0.29) is 126 Å². The van der Waals surface area contributed by atoms with Crippen LogP contribution in [0.2, 0.25) is 25.1 Å². The SMILES string of the molecule is CC1Sc2ccc(Cl)cc2C1=O.CN(C)c1ccc2c(c1)SCC2=O.COc1ccc2c(c1)SCC2=O.CSc1ccc2c(c1)SCC2=O.Cc1c(Cl)cc(Cl)c2c1C(=O)CS2.Cc1ccc2c(c1)C(=O)C(Br)S2.O=C1CSc2c(O)ccc(Cl)c21.O=C1CSc2ccc(C(F)(F)F)cc21.O=C1CSc2ccc(Cl)cc21.O=C1CSc2ccccc21.[Pr]. The molecular weight excluding hydrogens is 2070 g/mol. The number of phenolic OH excluding ortho intramolecular Hbond substituents is 1. The number of rotatable bonds is 3. The molecule has 0 bridgehead atoms. The van der Waals surface area contributed by atoms with Gasteiger partial charge in [0, 0.05) is 175 Å². The molecule has 0 aromatic heterocycles. The van der Waals surface area contributed by atoms with E-state index in [1.165, 1.54) is 52.3 Å². The summed E-state index contributed by atoms with van der Waals surface area (Å²) >= 11 is 49.5. The summed E-state index contributed by atoms with van der Waals surface area (Å²) < 4.78 is 41.8. The third-order valence-electron chi connectivity index (χ3n) is 18.4. The van der Waals surface area contributed by atoms with Crippen LogP contribution in [-0.4, -0.2) is 146 Å². The van der Waals surface area contributed by atoms with Gasteiger partial charge < -0.3 is 14.7 Å². The first-order valence-corrected chi connectivity index (χ1v) is 49.8. The molecule has 10 aromatic rings. The summed E-state index contributed by atoms with van der Waals surface area (Å²) in [6.45, 7) is 5.77. The number of halogens is 9. The Morgan fingerprint density at radius 2 is 0.893 bits per heavy atom. The molecule has 34 heteroatoms. The minimum atomic E-state index is -4.37. The van der Waals surface area contributed by atoms with Crippen molar-refractivity contribution < 1.29 is 112 Å². The Kier molecular flexibility index (Phi) is 37.0. The molecule has 2 unspecified atom stereocenters. The number of ether oxygens (including phenoxy) is 1. The first-order chi connectivity index (χ1) is 57.6. The molecule has 10 aromatic carbocycles. The Bertz CT molecular complexity index is 5700. The van der Waals surface area contributed by atoms with Gasteiger partial charge in [0.05, 0.1) is 84.5 Å². The third-order valence-corrected chi connectivity index (χ3v) is 32.5. The molecular formula is C88H68BrCl5F3NO12PrS11. The van der Waals surface area contributed by atoms with E-state index in [2.05, 4.69) is 28.1 Å². The van der Waals surface area contributed by atoms with Crippen molar-refractivity contribution in [2.45, 2.75) is 90.2 Å². The standard InChI is InChI=1S/C10H11NOS.C9H7BrOS.C9H6Cl2OS.C9H7ClOS.C9H5F3OS.C9H8O2S.C9H8OS2.C8H5ClO2S.C8H5ClOS.C8H6OS.Pr/c1-11(2)7-3-4-8-9(12)6-13-10(8)5-7;1-5-2-3-7-6(4-5)8(11)9(10)12-7;1-4-5(10)2-6(11)9-8(4)7(12)3-13-9;1-5-9(11)7-4-6(10)2-3-8(7)12-5;10-9(11,12)5-1-2-8-6(3-5)7(13)4-14-8;2*1-11-6-2-3-7-8(10)5-12-9(7)4-6;9-4-1-2-5(10)8-7(4)6(11)3-12-8;9-5-1-2-8-6(3-5)7(10)4-11-8;9-7-5-10-8-4-2-1-3-6(7)8;/h3-5H,6H2,1-2H3;2-4,9H,1H3;2H,3H2,1H3;2-5H,1H3;1-3H,4H2;2*2-4H,5H2,1H3;1-2,10H,3H2;1-3H,4H2;1-4H,5H2;. The normalized spacial score (nSPS) is 16.1. The number of aromatic hydroxyl groups is 1. The molecule has 0 aliphatic carbocycles. The van der Waals surface area contributed by atoms with Gasteiger partial charge in [0.1, 0.15) is 15.7 Å². The molecule has 0 spiro atoms. The Labute approximate surface area is 816 Å². The predicted molar refractivity (Wildman–Crippen MR) is 501 cm³/mol. The number of benzene rings is 10. The van der Waals surface area contributed by atoms with E-state index >= 15 is 0 Å². The number of aryl methyl sites for hydroxylation is 1. The van der Waals surface area contributed by atoms with Crippen LogP contribution < -0.4 is 9.64 Å². The van der Waals surface area contributed by atoms with Crippen molar-refractivity contribution in [3.63, 3.8) is 0 Å². The number of alkyl halides is 4. The topological polar surface area (TPSA) is 203 Å². The van der Waals surface area contributed by atoms with Gasteiger partial charge in [-0.15, -0.1) is 129 Å². The molecule has 1 N–H and O–H groups in total. The maximum absolute atomic E-state index is 12.3. The predicted octanol–water partition coefficient (Wildman–Crippen LogP) is 26.3. The van der Waals surface area contributed by atoms with Gasteiger partial charge in [-0.05, 0) is 178 Å². The third kappa shape index (κ3) is 25.2.